The number of aromatic nitrogens is 1. The summed E-state index contributed by atoms with van der Waals surface area (Å²) < 4.78 is 5.26. The van der Waals surface area contributed by atoms with Gasteiger partial charge in [0, 0.05) is 37.2 Å². The zero-order valence-corrected chi connectivity index (χ0v) is 12.0. The maximum absolute atomic E-state index is 8.84. The fourth-order valence-electron chi connectivity index (χ4n) is 2.09. The minimum Gasteiger partial charge on any atom is -0.495 e. The van der Waals surface area contributed by atoms with Crippen molar-refractivity contribution >= 4 is 11.4 Å². The van der Waals surface area contributed by atoms with Gasteiger partial charge in [-0.05, 0) is 23.8 Å². The molecule has 0 fully saturated rings. The Kier molecular flexibility index (Phi) is 4.99. The van der Waals surface area contributed by atoms with E-state index < -0.39 is 0 Å². The molecule has 21 heavy (non-hydrogen) atoms. The Morgan fingerprint density at radius 3 is 2.90 bits per heavy atom. The summed E-state index contributed by atoms with van der Waals surface area (Å²) in [6.45, 7) is 1.32. The third-order valence-corrected chi connectivity index (χ3v) is 3.17. The first-order chi connectivity index (χ1) is 10.2. The van der Waals surface area contributed by atoms with Gasteiger partial charge in [0.1, 0.15) is 5.75 Å². The number of hydrogen-bond donors (Lipinski definition) is 1. The number of pyridine rings is 1. The average molecular weight is 282 g/mol. The van der Waals surface area contributed by atoms with E-state index in [0.717, 1.165) is 11.3 Å². The number of anilines is 2. The lowest BCUT2D eigenvalue weighted by Crippen LogP contribution is -2.23. The van der Waals surface area contributed by atoms with Crippen LogP contribution in [0.3, 0.4) is 0 Å². The number of rotatable bonds is 6. The van der Waals surface area contributed by atoms with Gasteiger partial charge in [-0.25, -0.2) is 0 Å². The zero-order chi connectivity index (χ0) is 15.1. The molecule has 2 N–H and O–H groups in total. The van der Waals surface area contributed by atoms with Crippen molar-refractivity contribution in [3.05, 3.63) is 48.3 Å². The molecule has 1 heterocycles. The minimum atomic E-state index is 0.451. The number of benzene rings is 1. The number of hydrogen-bond acceptors (Lipinski definition) is 5. The normalized spacial score (nSPS) is 9.90. The minimum absolute atomic E-state index is 0.451. The molecular weight excluding hydrogens is 264 g/mol. The van der Waals surface area contributed by atoms with E-state index in [9.17, 15) is 0 Å². The molecule has 1 aromatic carbocycles. The van der Waals surface area contributed by atoms with Crippen LogP contribution in [0.4, 0.5) is 11.4 Å². The second-order valence-corrected chi connectivity index (χ2v) is 4.62. The third-order valence-electron chi connectivity index (χ3n) is 3.17. The Labute approximate surface area is 124 Å². The second kappa shape index (κ2) is 7.15. The molecule has 0 atom stereocenters. The first-order valence-electron chi connectivity index (χ1n) is 6.69. The Morgan fingerprint density at radius 2 is 2.24 bits per heavy atom. The van der Waals surface area contributed by atoms with Crippen molar-refractivity contribution in [1.82, 2.24) is 4.98 Å². The molecule has 0 aliphatic rings. The van der Waals surface area contributed by atoms with Crippen molar-refractivity contribution < 1.29 is 4.74 Å². The molecule has 5 nitrogen and oxygen atoms in total. The first kappa shape index (κ1) is 14.7. The number of methoxy groups -OCH3 is 1. The van der Waals surface area contributed by atoms with E-state index in [1.807, 2.05) is 36.5 Å². The van der Waals surface area contributed by atoms with Crippen LogP contribution in [-0.2, 0) is 6.54 Å². The molecule has 0 radical (unpaired) electrons. The van der Waals surface area contributed by atoms with Gasteiger partial charge >= 0.3 is 0 Å². The molecule has 0 bridgehead atoms. The molecule has 5 heteroatoms. The van der Waals surface area contributed by atoms with Crippen LogP contribution in [0.25, 0.3) is 0 Å². The smallest absolute Gasteiger partial charge is 0.143 e. The fourth-order valence-corrected chi connectivity index (χ4v) is 2.09. The topological polar surface area (TPSA) is 75.2 Å². The van der Waals surface area contributed by atoms with Gasteiger partial charge in [0.15, 0.2) is 0 Å². The number of ether oxygens (including phenoxy) is 1. The Morgan fingerprint density at radius 1 is 1.38 bits per heavy atom. The lowest BCUT2D eigenvalue weighted by Gasteiger charge is -2.24. The van der Waals surface area contributed by atoms with E-state index in [1.165, 1.54) is 0 Å². The largest absolute Gasteiger partial charge is 0.495 e. The standard InChI is InChI=1S/C16H18N4O/c1-21-16-10-14(5-6-15(16)18)20(9-3-7-17)12-13-4-2-8-19-11-13/h2,4-6,8,10-11H,3,9,12,18H2,1H3. The summed E-state index contributed by atoms with van der Waals surface area (Å²) in [4.78, 5) is 6.24. The monoisotopic (exact) mass is 282 g/mol. The molecule has 2 rings (SSSR count). The van der Waals surface area contributed by atoms with E-state index in [-0.39, 0.29) is 0 Å². The summed E-state index contributed by atoms with van der Waals surface area (Å²) in [5.74, 6) is 0.639. The van der Waals surface area contributed by atoms with Gasteiger partial charge < -0.3 is 15.4 Å². The summed E-state index contributed by atoms with van der Waals surface area (Å²) in [5.41, 5.74) is 8.51. The predicted octanol–water partition coefficient (Wildman–Crippen LogP) is 2.59. The Bertz CT molecular complexity index is 622. The Hall–Kier alpha value is -2.74. The molecule has 1 aromatic heterocycles. The van der Waals surface area contributed by atoms with Gasteiger partial charge in [-0.1, -0.05) is 6.07 Å². The fraction of sp³-hybridized carbons (Fsp3) is 0.250. The van der Waals surface area contributed by atoms with Crippen LogP contribution < -0.4 is 15.4 Å². The first-order valence-corrected chi connectivity index (χ1v) is 6.69. The van der Waals surface area contributed by atoms with Crippen LogP contribution >= 0.6 is 0 Å². The number of nitrogens with two attached hydrogens (primary N) is 1. The SMILES string of the molecule is COc1cc(N(CCC#N)Cc2cccnc2)ccc1N. The van der Waals surface area contributed by atoms with Crippen molar-refractivity contribution in [3.8, 4) is 11.8 Å². The predicted molar refractivity (Wildman–Crippen MR) is 82.9 cm³/mol. The van der Waals surface area contributed by atoms with Gasteiger partial charge in [0.2, 0.25) is 0 Å². The van der Waals surface area contributed by atoms with Crippen molar-refractivity contribution in [2.45, 2.75) is 13.0 Å². The van der Waals surface area contributed by atoms with E-state index in [0.29, 0.717) is 30.9 Å². The van der Waals surface area contributed by atoms with Gasteiger partial charge in [-0.15, -0.1) is 0 Å². The van der Waals surface area contributed by atoms with Crippen molar-refractivity contribution in [2.75, 3.05) is 24.3 Å². The molecular formula is C16H18N4O. The average Bonchev–Trinajstić information content (AvgIpc) is 2.53. The van der Waals surface area contributed by atoms with Crippen molar-refractivity contribution in [3.63, 3.8) is 0 Å². The van der Waals surface area contributed by atoms with E-state index in [1.54, 1.807) is 13.3 Å². The number of nitrogens with zero attached hydrogens (tertiary/aromatic N) is 3. The summed E-state index contributed by atoms with van der Waals surface area (Å²) in [6.07, 6.45) is 4.02. The molecule has 0 aliphatic carbocycles. The summed E-state index contributed by atoms with van der Waals surface area (Å²) in [7, 11) is 1.59. The zero-order valence-electron chi connectivity index (χ0n) is 12.0. The highest BCUT2D eigenvalue weighted by Gasteiger charge is 2.10. The van der Waals surface area contributed by atoms with Crippen LogP contribution in [0, 0.1) is 11.3 Å². The van der Waals surface area contributed by atoms with Crippen LogP contribution in [0.5, 0.6) is 5.75 Å². The number of nitrogen functional groups attached to an aromatic ring is 1. The van der Waals surface area contributed by atoms with Crippen molar-refractivity contribution in [1.29, 1.82) is 5.26 Å². The maximum atomic E-state index is 8.84. The van der Waals surface area contributed by atoms with E-state index in [2.05, 4.69) is 16.0 Å². The van der Waals surface area contributed by atoms with Gasteiger partial charge in [0.05, 0.1) is 25.3 Å². The van der Waals surface area contributed by atoms with Gasteiger partial charge in [-0.2, -0.15) is 5.26 Å². The van der Waals surface area contributed by atoms with Gasteiger partial charge in [-0.3, -0.25) is 4.98 Å². The Balaban J connectivity index is 2.25. The van der Waals surface area contributed by atoms with E-state index in [4.69, 9.17) is 15.7 Å². The summed E-state index contributed by atoms with van der Waals surface area (Å²) in [6, 6.07) is 11.7. The summed E-state index contributed by atoms with van der Waals surface area (Å²) in [5, 5.41) is 8.84. The highest BCUT2D eigenvalue weighted by Crippen LogP contribution is 2.28. The molecule has 0 saturated heterocycles. The van der Waals surface area contributed by atoms with Gasteiger partial charge in [0.25, 0.3) is 0 Å². The maximum Gasteiger partial charge on any atom is 0.143 e. The molecule has 108 valence electrons. The molecule has 0 saturated carbocycles. The molecule has 0 amide bonds. The second-order valence-electron chi connectivity index (χ2n) is 4.62. The van der Waals surface area contributed by atoms with Crippen LogP contribution in [-0.4, -0.2) is 18.6 Å². The van der Waals surface area contributed by atoms with Crippen molar-refractivity contribution in [2.24, 2.45) is 0 Å². The lowest BCUT2D eigenvalue weighted by molar-refractivity contribution is 0.417. The van der Waals surface area contributed by atoms with E-state index >= 15 is 0 Å². The number of nitriles is 1. The highest BCUT2D eigenvalue weighted by molar-refractivity contribution is 5.62. The molecule has 0 unspecified atom stereocenters. The molecule has 2 aromatic rings. The quantitative estimate of drug-likeness (QED) is 0.824. The molecule has 0 spiro atoms. The lowest BCUT2D eigenvalue weighted by atomic mass is 10.2. The highest BCUT2D eigenvalue weighted by atomic mass is 16.5. The third kappa shape index (κ3) is 3.86. The van der Waals surface area contributed by atoms with Crippen LogP contribution in [0.1, 0.15) is 12.0 Å². The molecule has 0 aliphatic heterocycles. The van der Waals surface area contributed by atoms with Crippen LogP contribution in [0.15, 0.2) is 42.7 Å². The van der Waals surface area contributed by atoms with Crippen LogP contribution in [0.2, 0.25) is 0 Å². The summed E-state index contributed by atoms with van der Waals surface area (Å²) >= 11 is 0.